The van der Waals surface area contributed by atoms with Gasteiger partial charge in [-0.25, -0.2) is 9.87 Å². The van der Waals surface area contributed by atoms with Gasteiger partial charge in [0.2, 0.25) is 5.82 Å². The lowest BCUT2D eigenvalue weighted by Gasteiger charge is -2.18. The van der Waals surface area contributed by atoms with Crippen molar-refractivity contribution in [3.8, 4) is 0 Å². The van der Waals surface area contributed by atoms with Gasteiger partial charge in [-0.05, 0) is 37.5 Å². The number of amides is 1. The second-order valence-corrected chi connectivity index (χ2v) is 6.76. The number of rotatable bonds is 7. The predicted molar refractivity (Wildman–Crippen MR) is 111 cm³/mol. The Balaban J connectivity index is 0.00000166. The third kappa shape index (κ3) is 5.46. The van der Waals surface area contributed by atoms with Crippen molar-refractivity contribution in [2.75, 3.05) is 18.5 Å². The van der Waals surface area contributed by atoms with Crippen molar-refractivity contribution in [1.82, 2.24) is 10.0 Å². The number of benzene rings is 1. The Morgan fingerprint density at radius 1 is 1.32 bits per heavy atom. The molecule has 1 aliphatic heterocycles. The molecule has 10 heteroatoms. The topological polar surface area (TPSA) is 113 Å². The molecule has 1 aromatic heterocycles. The molecule has 1 aliphatic rings. The number of pyridine rings is 1. The van der Waals surface area contributed by atoms with Crippen LogP contribution in [-0.4, -0.2) is 40.0 Å². The molecular formula is C21H27F2N3O5. The van der Waals surface area contributed by atoms with E-state index in [1.54, 1.807) is 13.0 Å². The van der Waals surface area contributed by atoms with Crippen LogP contribution >= 0.6 is 0 Å². The Bertz CT molecular complexity index is 994. The zero-order valence-corrected chi connectivity index (χ0v) is 17.7. The molecule has 8 nitrogen and oxygen atoms in total. The van der Waals surface area contributed by atoms with E-state index in [-0.39, 0.29) is 17.8 Å². The third-order valence-corrected chi connectivity index (χ3v) is 4.57. The molecule has 0 saturated heterocycles. The Morgan fingerprint density at radius 3 is 2.68 bits per heavy atom. The van der Waals surface area contributed by atoms with E-state index in [1.165, 1.54) is 16.7 Å². The van der Waals surface area contributed by atoms with Crippen molar-refractivity contribution in [3.05, 3.63) is 57.0 Å². The molecular weight excluding hydrogens is 412 g/mol. The van der Waals surface area contributed by atoms with Gasteiger partial charge < -0.3 is 20.1 Å². The van der Waals surface area contributed by atoms with Crippen LogP contribution in [0.4, 0.5) is 20.2 Å². The summed E-state index contributed by atoms with van der Waals surface area (Å²) in [4.78, 5) is 29.9. The molecule has 0 spiro atoms. The molecule has 1 amide bonds. The Morgan fingerprint density at radius 2 is 2.03 bits per heavy atom. The predicted octanol–water partition coefficient (Wildman–Crippen LogP) is 2.17. The zero-order valence-electron chi connectivity index (χ0n) is 17.7. The van der Waals surface area contributed by atoms with E-state index in [4.69, 9.17) is 9.94 Å². The van der Waals surface area contributed by atoms with E-state index >= 15 is 0 Å². The van der Waals surface area contributed by atoms with E-state index in [1.807, 2.05) is 13.8 Å². The first-order valence-electron chi connectivity index (χ1n) is 10.0. The number of hydrogen-bond acceptors (Lipinski definition) is 6. The van der Waals surface area contributed by atoms with Crippen LogP contribution in [0.25, 0.3) is 0 Å². The minimum Gasteiger partial charge on any atom is -0.394 e. The minimum absolute atomic E-state index is 0.0949. The Kier molecular flexibility index (Phi) is 8.66. The van der Waals surface area contributed by atoms with Gasteiger partial charge in [0.05, 0.1) is 23.5 Å². The summed E-state index contributed by atoms with van der Waals surface area (Å²) in [6.45, 7) is 4.98. The van der Waals surface area contributed by atoms with Crippen LogP contribution in [0.1, 0.15) is 41.9 Å². The Labute approximate surface area is 178 Å². The summed E-state index contributed by atoms with van der Waals surface area (Å²) in [6.07, 6.45) is -0.320. The van der Waals surface area contributed by atoms with E-state index in [2.05, 4.69) is 10.8 Å². The molecule has 2 heterocycles. The summed E-state index contributed by atoms with van der Waals surface area (Å²) >= 11 is 0. The second-order valence-electron chi connectivity index (χ2n) is 6.76. The number of hydrogen-bond donors (Lipinski definition) is 4. The van der Waals surface area contributed by atoms with Crippen LogP contribution in [0.2, 0.25) is 0 Å². The average Bonchev–Trinajstić information content (AvgIpc) is 3.24. The van der Waals surface area contributed by atoms with Crippen LogP contribution in [-0.2, 0) is 17.8 Å². The molecule has 31 heavy (non-hydrogen) atoms. The summed E-state index contributed by atoms with van der Waals surface area (Å²) in [5, 5.41) is 20.6. The number of aryl methyl sites for hydroxylation is 1. The lowest BCUT2D eigenvalue weighted by Crippen LogP contribution is -2.34. The number of fused-ring (bicyclic) bond motifs is 1. The number of aliphatic hydroxyl groups is 2. The summed E-state index contributed by atoms with van der Waals surface area (Å²) in [7, 11) is 0. The van der Waals surface area contributed by atoms with Gasteiger partial charge in [-0.15, -0.1) is 0 Å². The average molecular weight is 439 g/mol. The van der Waals surface area contributed by atoms with Crippen molar-refractivity contribution < 1.29 is 28.6 Å². The first-order valence-corrected chi connectivity index (χ1v) is 10.0. The molecule has 0 fully saturated rings. The first-order chi connectivity index (χ1) is 14.8. The minimum atomic E-state index is -1.21. The van der Waals surface area contributed by atoms with Gasteiger partial charge in [0.15, 0.2) is 0 Å². The molecule has 0 aliphatic carbocycles. The number of halogens is 2. The smallest absolute Gasteiger partial charge is 0.289 e. The highest BCUT2D eigenvalue weighted by Gasteiger charge is 2.29. The van der Waals surface area contributed by atoms with Gasteiger partial charge in [0, 0.05) is 12.2 Å². The van der Waals surface area contributed by atoms with Gasteiger partial charge >= 0.3 is 0 Å². The highest BCUT2D eigenvalue weighted by atomic mass is 19.1. The fourth-order valence-corrected chi connectivity index (χ4v) is 3.16. The van der Waals surface area contributed by atoms with Gasteiger partial charge in [-0.2, -0.15) is 4.39 Å². The van der Waals surface area contributed by atoms with Crippen molar-refractivity contribution >= 4 is 17.3 Å². The molecule has 3 rings (SSSR count). The molecule has 1 aromatic carbocycles. The molecule has 1 atom stereocenters. The number of hydroxylamine groups is 1. The Hall–Kier alpha value is -2.82. The van der Waals surface area contributed by atoms with Crippen LogP contribution in [0.5, 0.6) is 0 Å². The van der Waals surface area contributed by atoms with Gasteiger partial charge in [0.25, 0.3) is 11.5 Å². The molecule has 0 bridgehead atoms. The standard InChI is InChI=1S/C19H21F2N3O5.C2H6/c1-10-4-5-13(12(20)7-10)22-17-15(18(27)23-29-9-11(26)8-25)14-3-2-6-24(14)19(28)16(17)21;1-2/h4-5,7,11,22,25-26H,2-3,6,8-9H2,1H3,(H,23,27);1-2H3. The monoisotopic (exact) mass is 439 g/mol. The molecule has 1 unspecified atom stereocenters. The number of aromatic nitrogens is 1. The highest BCUT2D eigenvalue weighted by Crippen LogP contribution is 2.30. The van der Waals surface area contributed by atoms with Gasteiger partial charge in [-0.3, -0.25) is 14.4 Å². The van der Waals surface area contributed by atoms with Crippen molar-refractivity contribution in [2.24, 2.45) is 0 Å². The van der Waals surface area contributed by atoms with Crippen LogP contribution < -0.4 is 16.4 Å². The number of aliphatic hydroxyl groups excluding tert-OH is 2. The van der Waals surface area contributed by atoms with Gasteiger partial charge in [-0.1, -0.05) is 19.9 Å². The van der Waals surface area contributed by atoms with E-state index in [0.29, 0.717) is 24.1 Å². The summed E-state index contributed by atoms with van der Waals surface area (Å²) in [5.41, 5.74) is 1.39. The molecule has 4 N–H and O–H groups in total. The number of anilines is 2. The van der Waals surface area contributed by atoms with E-state index in [0.717, 1.165) is 0 Å². The maximum Gasteiger partial charge on any atom is 0.289 e. The molecule has 0 radical (unpaired) electrons. The molecule has 170 valence electrons. The maximum atomic E-state index is 14.9. The number of nitrogens with one attached hydrogen (secondary N) is 2. The fraction of sp³-hybridized carbons (Fsp3) is 0.429. The quantitative estimate of drug-likeness (QED) is 0.492. The molecule has 2 aromatic rings. The highest BCUT2D eigenvalue weighted by molar-refractivity contribution is 6.01. The fourth-order valence-electron chi connectivity index (χ4n) is 3.16. The molecule has 0 saturated carbocycles. The summed E-state index contributed by atoms with van der Waals surface area (Å²) < 4.78 is 30.3. The lowest BCUT2D eigenvalue weighted by molar-refractivity contribution is -0.0295. The summed E-state index contributed by atoms with van der Waals surface area (Å²) in [5.74, 6) is -2.75. The van der Waals surface area contributed by atoms with Crippen LogP contribution in [0.3, 0.4) is 0 Å². The normalized spacial score (nSPS) is 13.1. The number of nitrogens with zero attached hydrogens (tertiary/aromatic N) is 1. The number of carbonyl (C=O) groups excluding carboxylic acids is 1. The number of carbonyl (C=O) groups is 1. The second kappa shape index (κ2) is 11.0. The largest absolute Gasteiger partial charge is 0.394 e. The van der Waals surface area contributed by atoms with E-state index in [9.17, 15) is 23.5 Å². The third-order valence-electron chi connectivity index (χ3n) is 4.57. The summed E-state index contributed by atoms with van der Waals surface area (Å²) in [6, 6.07) is 4.22. The zero-order chi connectivity index (χ0) is 23.1. The SMILES string of the molecule is CC.Cc1ccc(Nc2c(C(=O)NOCC(O)CO)c3n(c(=O)c2F)CCC3)c(F)c1. The van der Waals surface area contributed by atoms with Gasteiger partial charge in [0.1, 0.15) is 18.5 Å². The first kappa shape index (κ1) is 24.4. The van der Waals surface area contributed by atoms with Crippen LogP contribution in [0, 0.1) is 18.6 Å². The maximum absolute atomic E-state index is 14.9. The van der Waals surface area contributed by atoms with E-state index < -0.39 is 48.1 Å². The van der Waals surface area contributed by atoms with Crippen molar-refractivity contribution in [3.63, 3.8) is 0 Å². The van der Waals surface area contributed by atoms with Crippen molar-refractivity contribution in [1.29, 1.82) is 0 Å². The lowest BCUT2D eigenvalue weighted by atomic mass is 10.1. The van der Waals surface area contributed by atoms with Crippen LogP contribution in [0.15, 0.2) is 23.0 Å². The van der Waals surface area contributed by atoms with Crippen molar-refractivity contribution in [2.45, 2.75) is 46.3 Å².